The predicted octanol–water partition coefficient (Wildman–Crippen LogP) is 5.64. The zero-order chi connectivity index (χ0) is 16.8. The molecule has 0 radical (unpaired) electrons. The third-order valence-corrected chi connectivity index (χ3v) is 5.94. The molecule has 124 valence electrons. The van der Waals surface area contributed by atoms with Gasteiger partial charge in [0.25, 0.3) is 0 Å². The molecule has 0 amide bonds. The van der Waals surface area contributed by atoms with E-state index in [2.05, 4.69) is 34.7 Å². The number of benzene rings is 2. The van der Waals surface area contributed by atoms with E-state index >= 15 is 0 Å². The first-order valence-corrected chi connectivity index (χ1v) is 9.47. The Morgan fingerprint density at radius 2 is 1.80 bits per heavy atom. The Morgan fingerprint density at radius 3 is 2.60 bits per heavy atom. The van der Waals surface area contributed by atoms with E-state index in [-0.39, 0.29) is 12.3 Å². The molecule has 2 aliphatic rings. The van der Waals surface area contributed by atoms with Crippen LogP contribution in [0.5, 0.6) is 5.75 Å². The summed E-state index contributed by atoms with van der Waals surface area (Å²) in [6, 6.07) is 20.4. The lowest BCUT2D eigenvalue weighted by molar-refractivity contribution is -0.0189. The highest BCUT2D eigenvalue weighted by molar-refractivity contribution is 7.12. The normalized spacial score (nSPS) is 21.3. The second kappa shape index (κ2) is 5.90. The molecule has 5 heteroatoms. The minimum atomic E-state index is -0.314. The molecule has 0 spiro atoms. The van der Waals surface area contributed by atoms with Crippen molar-refractivity contribution >= 4 is 28.6 Å². The summed E-state index contributed by atoms with van der Waals surface area (Å²) in [5.41, 5.74) is 3.23. The van der Waals surface area contributed by atoms with E-state index in [0.717, 1.165) is 23.4 Å². The minimum Gasteiger partial charge on any atom is -0.464 e. The summed E-state index contributed by atoms with van der Waals surface area (Å²) in [7, 11) is 0. The molecule has 0 unspecified atom stereocenters. The van der Waals surface area contributed by atoms with Gasteiger partial charge < -0.3 is 4.74 Å². The van der Waals surface area contributed by atoms with E-state index in [9.17, 15) is 0 Å². The maximum absolute atomic E-state index is 6.46. The fourth-order valence-electron chi connectivity index (χ4n) is 3.51. The van der Waals surface area contributed by atoms with Crippen LogP contribution in [-0.2, 0) is 0 Å². The van der Waals surface area contributed by atoms with Crippen molar-refractivity contribution in [2.45, 2.75) is 18.7 Å². The number of para-hydroxylation sites is 1. The van der Waals surface area contributed by atoms with Crippen LogP contribution in [0.2, 0.25) is 5.02 Å². The molecule has 2 atom stereocenters. The van der Waals surface area contributed by atoms with Gasteiger partial charge in [0.05, 0.1) is 16.6 Å². The van der Waals surface area contributed by atoms with Crippen LogP contribution in [0.1, 0.15) is 34.7 Å². The molecule has 0 saturated carbocycles. The van der Waals surface area contributed by atoms with Crippen LogP contribution in [0.3, 0.4) is 0 Å². The fraction of sp³-hybridized carbons (Fsp3) is 0.150. The van der Waals surface area contributed by atoms with Gasteiger partial charge in [-0.25, -0.2) is 5.01 Å². The number of rotatable bonds is 2. The lowest BCUT2D eigenvalue weighted by Gasteiger charge is -2.38. The Morgan fingerprint density at radius 1 is 1.00 bits per heavy atom. The van der Waals surface area contributed by atoms with E-state index in [1.807, 2.05) is 36.4 Å². The summed E-state index contributed by atoms with van der Waals surface area (Å²) in [6.45, 7) is 0. The molecule has 3 heterocycles. The molecule has 0 N–H and O–H groups in total. The summed E-state index contributed by atoms with van der Waals surface area (Å²) in [5.74, 6) is 0.913. The molecule has 25 heavy (non-hydrogen) atoms. The summed E-state index contributed by atoms with van der Waals surface area (Å²) in [4.78, 5) is 1.21. The van der Waals surface area contributed by atoms with Gasteiger partial charge >= 0.3 is 0 Å². The van der Waals surface area contributed by atoms with Crippen molar-refractivity contribution in [3.8, 4) is 5.75 Å². The number of nitrogens with zero attached hydrogens (tertiary/aromatic N) is 2. The van der Waals surface area contributed by atoms with Gasteiger partial charge in [-0.1, -0.05) is 54.1 Å². The van der Waals surface area contributed by atoms with Gasteiger partial charge in [-0.2, -0.15) is 5.10 Å². The van der Waals surface area contributed by atoms with Crippen LogP contribution in [-0.4, -0.2) is 10.7 Å². The molecule has 0 fully saturated rings. The molecular formula is C20H15ClN2OS. The van der Waals surface area contributed by atoms with Crippen molar-refractivity contribution in [2.75, 3.05) is 0 Å². The number of thiophene rings is 1. The Kier molecular flexibility index (Phi) is 3.54. The maximum atomic E-state index is 6.46. The van der Waals surface area contributed by atoms with Gasteiger partial charge in [-0.15, -0.1) is 11.3 Å². The first-order chi connectivity index (χ1) is 12.3. The number of hydrogen-bond acceptors (Lipinski definition) is 4. The highest BCUT2D eigenvalue weighted by atomic mass is 35.5. The maximum Gasteiger partial charge on any atom is 0.215 e. The molecule has 0 saturated heterocycles. The standard InChI is InChI=1S/C20H15ClN2OS/c21-15-8-3-1-6-13(15)20-23-17(14-7-2-4-9-18(14)24-20)12-16(22-23)19-10-5-11-25-19/h1-11,17,20H,12H2/t17-,20-/m1/s1. The lowest BCUT2D eigenvalue weighted by Crippen LogP contribution is -2.33. The van der Waals surface area contributed by atoms with Gasteiger partial charge in [-0.05, 0) is 23.6 Å². The number of halogens is 1. The average molecular weight is 367 g/mol. The van der Waals surface area contributed by atoms with Crippen molar-refractivity contribution in [3.05, 3.63) is 87.1 Å². The number of hydrogen-bond donors (Lipinski definition) is 0. The van der Waals surface area contributed by atoms with Crippen LogP contribution in [0.15, 0.2) is 71.1 Å². The molecule has 0 bridgehead atoms. The third kappa shape index (κ3) is 2.44. The van der Waals surface area contributed by atoms with Gasteiger partial charge in [0, 0.05) is 22.6 Å². The monoisotopic (exact) mass is 366 g/mol. The zero-order valence-corrected chi connectivity index (χ0v) is 14.9. The van der Waals surface area contributed by atoms with Crippen LogP contribution >= 0.6 is 22.9 Å². The Balaban J connectivity index is 1.63. The lowest BCUT2D eigenvalue weighted by atomic mass is 9.98. The van der Waals surface area contributed by atoms with E-state index in [1.165, 1.54) is 10.4 Å². The summed E-state index contributed by atoms with van der Waals surface area (Å²) in [5, 5.41) is 9.78. The molecule has 0 aliphatic carbocycles. The van der Waals surface area contributed by atoms with Crippen molar-refractivity contribution in [2.24, 2.45) is 5.10 Å². The molecular weight excluding hydrogens is 352 g/mol. The van der Waals surface area contributed by atoms with Crippen molar-refractivity contribution in [1.29, 1.82) is 0 Å². The Bertz CT molecular complexity index is 954. The highest BCUT2D eigenvalue weighted by Crippen LogP contribution is 2.48. The van der Waals surface area contributed by atoms with E-state index < -0.39 is 0 Å². The second-order valence-electron chi connectivity index (χ2n) is 6.15. The predicted molar refractivity (Wildman–Crippen MR) is 101 cm³/mol. The first-order valence-electron chi connectivity index (χ1n) is 8.21. The van der Waals surface area contributed by atoms with Crippen LogP contribution in [0.4, 0.5) is 0 Å². The molecule has 1 aromatic heterocycles. The SMILES string of the molecule is Clc1ccccc1[C@H]1Oc2ccccc2[C@H]2CC(c3cccs3)=NN21. The topological polar surface area (TPSA) is 24.8 Å². The van der Waals surface area contributed by atoms with Gasteiger partial charge in [0.1, 0.15) is 5.75 Å². The molecule has 2 aromatic carbocycles. The average Bonchev–Trinajstić information content (AvgIpc) is 3.31. The van der Waals surface area contributed by atoms with Crippen molar-refractivity contribution in [1.82, 2.24) is 5.01 Å². The van der Waals surface area contributed by atoms with Crippen LogP contribution in [0, 0.1) is 0 Å². The zero-order valence-electron chi connectivity index (χ0n) is 13.3. The van der Waals surface area contributed by atoms with Gasteiger partial charge in [-0.3, -0.25) is 0 Å². The molecule has 5 rings (SSSR count). The number of fused-ring (bicyclic) bond motifs is 3. The Hall–Kier alpha value is -2.30. The highest BCUT2D eigenvalue weighted by Gasteiger charge is 2.41. The largest absolute Gasteiger partial charge is 0.464 e. The quantitative estimate of drug-likeness (QED) is 0.586. The summed E-state index contributed by atoms with van der Waals surface area (Å²) in [6.07, 6.45) is 0.563. The molecule has 3 aromatic rings. The second-order valence-corrected chi connectivity index (χ2v) is 7.51. The summed E-state index contributed by atoms with van der Waals surface area (Å²) < 4.78 is 6.32. The summed E-state index contributed by atoms with van der Waals surface area (Å²) >= 11 is 8.18. The smallest absolute Gasteiger partial charge is 0.215 e. The minimum absolute atomic E-state index is 0.170. The van der Waals surface area contributed by atoms with E-state index in [0.29, 0.717) is 5.02 Å². The van der Waals surface area contributed by atoms with Gasteiger partial charge in [0.2, 0.25) is 6.23 Å². The first kappa shape index (κ1) is 15.0. The molecule has 2 aliphatic heterocycles. The number of hydrazone groups is 1. The van der Waals surface area contributed by atoms with E-state index in [4.69, 9.17) is 21.4 Å². The van der Waals surface area contributed by atoms with Crippen molar-refractivity contribution in [3.63, 3.8) is 0 Å². The third-order valence-electron chi connectivity index (χ3n) is 4.68. The van der Waals surface area contributed by atoms with Crippen LogP contribution < -0.4 is 4.74 Å². The fourth-order valence-corrected chi connectivity index (χ4v) is 4.46. The Labute approximate surface area is 155 Å². The van der Waals surface area contributed by atoms with Gasteiger partial charge in [0.15, 0.2) is 0 Å². The van der Waals surface area contributed by atoms with Crippen molar-refractivity contribution < 1.29 is 4.74 Å². The molecule has 3 nitrogen and oxygen atoms in total. The van der Waals surface area contributed by atoms with Crippen LogP contribution in [0.25, 0.3) is 0 Å². The number of ether oxygens (including phenoxy) is 1. The van der Waals surface area contributed by atoms with E-state index in [1.54, 1.807) is 11.3 Å².